The van der Waals surface area contributed by atoms with Gasteiger partial charge < -0.3 is 15.2 Å². The fourth-order valence-corrected chi connectivity index (χ4v) is 2.45. The third kappa shape index (κ3) is 4.07. The Kier molecular flexibility index (Phi) is 5.28. The number of nitrogens with zero attached hydrogens (tertiary/aromatic N) is 1. The molecule has 2 N–H and O–H groups in total. The monoisotopic (exact) mass is 356 g/mol. The van der Waals surface area contributed by atoms with Gasteiger partial charge in [-0.25, -0.2) is 4.39 Å². The van der Waals surface area contributed by atoms with Crippen molar-refractivity contribution in [2.24, 2.45) is 0 Å². The molecular formula is C19H17FN2O4. The van der Waals surface area contributed by atoms with Crippen LogP contribution in [-0.2, 0) is 16.2 Å². The van der Waals surface area contributed by atoms with Crippen molar-refractivity contribution in [3.05, 3.63) is 71.7 Å². The molecule has 2 aromatic carbocycles. The fraction of sp³-hybridized carbons (Fsp3) is 0.158. The van der Waals surface area contributed by atoms with E-state index >= 15 is 0 Å². The van der Waals surface area contributed by atoms with Crippen LogP contribution in [0.1, 0.15) is 5.56 Å². The number of amides is 2. The van der Waals surface area contributed by atoms with E-state index < -0.39 is 11.8 Å². The summed E-state index contributed by atoms with van der Waals surface area (Å²) < 4.78 is 18.5. The van der Waals surface area contributed by atoms with Gasteiger partial charge in [0.2, 0.25) is 0 Å². The Labute approximate surface area is 149 Å². The van der Waals surface area contributed by atoms with Crippen molar-refractivity contribution in [1.82, 2.24) is 4.90 Å². The van der Waals surface area contributed by atoms with E-state index in [0.717, 1.165) is 10.5 Å². The summed E-state index contributed by atoms with van der Waals surface area (Å²) >= 11 is 0. The highest BCUT2D eigenvalue weighted by Gasteiger charge is 2.30. The van der Waals surface area contributed by atoms with Crippen LogP contribution in [0.25, 0.3) is 0 Å². The van der Waals surface area contributed by atoms with Crippen molar-refractivity contribution in [3.8, 4) is 5.75 Å². The topological polar surface area (TPSA) is 78.9 Å². The average molecular weight is 356 g/mol. The van der Waals surface area contributed by atoms with Gasteiger partial charge in [-0.15, -0.1) is 0 Å². The molecule has 7 heteroatoms. The van der Waals surface area contributed by atoms with Gasteiger partial charge in [0, 0.05) is 11.8 Å². The first-order valence-corrected chi connectivity index (χ1v) is 7.99. The lowest BCUT2D eigenvalue weighted by atomic mass is 10.2. The van der Waals surface area contributed by atoms with E-state index in [4.69, 9.17) is 9.84 Å². The van der Waals surface area contributed by atoms with E-state index in [1.165, 1.54) is 18.2 Å². The van der Waals surface area contributed by atoms with Crippen molar-refractivity contribution in [3.63, 3.8) is 0 Å². The van der Waals surface area contributed by atoms with Crippen molar-refractivity contribution in [1.29, 1.82) is 0 Å². The van der Waals surface area contributed by atoms with E-state index in [9.17, 15) is 14.0 Å². The van der Waals surface area contributed by atoms with E-state index in [1.54, 1.807) is 36.4 Å². The summed E-state index contributed by atoms with van der Waals surface area (Å²) in [5, 5.41) is 11.8. The van der Waals surface area contributed by atoms with Crippen LogP contribution < -0.4 is 10.1 Å². The van der Waals surface area contributed by atoms with Gasteiger partial charge in [-0.2, -0.15) is 0 Å². The number of rotatable bonds is 7. The van der Waals surface area contributed by atoms with Gasteiger partial charge in [0.05, 0.1) is 13.2 Å². The summed E-state index contributed by atoms with van der Waals surface area (Å²) in [6.45, 7) is -0.00445. The lowest BCUT2D eigenvalue weighted by Gasteiger charge is -2.13. The number of aliphatic hydroxyl groups is 1. The molecule has 2 aromatic rings. The lowest BCUT2D eigenvalue weighted by molar-refractivity contribution is -0.137. The molecule has 3 rings (SSSR count). The molecule has 0 unspecified atom stereocenters. The fourth-order valence-electron chi connectivity index (χ4n) is 2.45. The molecule has 0 bridgehead atoms. The first-order valence-electron chi connectivity index (χ1n) is 7.99. The van der Waals surface area contributed by atoms with Crippen LogP contribution in [0.3, 0.4) is 0 Å². The van der Waals surface area contributed by atoms with E-state index in [1.807, 2.05) is 0 Å². The molecule has 0 fully saturated rings. The molecule has 6 nitrogen and oxygen atoms in total. The van der Waals surface area contributed by atoms with Crippen LogP contribution in [-0.4, -0.2) is 35.0 Å². The van der Waals surface area contributed by atoms with Crippen LogP contribution in [0.2, 0.25) is 0 Å². The molecule has 0 spiro atoms. The molecule has 26 heavy (non-hydrogen) atoms. The predicted octanol–water partition coefficient (Wildman–Crippen LogP) is 2.06. The Morgan fingerprint density at radius 3 is 2.38 bits per heavy atom. The van der Waals surface area contributed by atoms with Crippen molar-refractivity contribution >= 4 is 17.5 Å². The van der Waals surface area contributed by atoms with Crippen molar-refractivity contribution in [2.45, 2.75) is 6.61 Å². The Balaban J connectivity index is 1.58. The number of aliphatic hydroxyl groups excluding tert-OH is 1. The molecule has 0 radical (unpaired) electrons. The maximum atomic E-state index is 12.9. The number of ether oxygens (including phenoxy) is 1. The molecule has 1 aliphatic rings. The molecule has 0 aromatic heterocycles. The molecule has 0 saturated heterocycles. The zero-order chi connectivity index (χ0) is 18.5. The van der Waals surface area contributed by atoms with Crippen LogP contribution in [0.15, 0.2) is 60.3 Å². The summed E-state index contributed by atoms with van der Waals surface area (Å²) in [6.07, 6.45) is 1.21. The van der Waals surface area contributed by atoms with Gasteiger partial charge in [0.15, 0.2) is 0 Å². The van der Waals surface area contributed by atoms with Crippen LogP contribution >= 0.6 is 0 Å². The number of hydrogen-bond donors (Lipinski definition) is 2. The van der Waals surface area contributed by atoms with Gasteiger partial charge in [-0.3, -0.25) is 14.5 Å². The molecule has 2 amide bonds. The van der Waals surface area contributed by atoms with Crippen LogP contribution in [0, 0.1) is 5.82 Å². The second kappa shape index (κ2) is 7.79. The number of β-amino-alcohol motifs (C(OH)–C–C–N with tert-alkyl or cyclic N) is 1. The summed E-state index contributed by atoms with van der Waals surface area (Å²) in [5.74, 6) is -0.605. The third-order valence-corrected chi connectivity index (χ3v) is 3.79. The van der Waals surface area contributed by atoms with E-state index in [2.05, 4.69) is 5.32 Å². The highest BCUT2D eigenvalue weighted by molar-refractivity contribution is 6.17. The number of nitrogens with one attached hydrogen (secondary N) is 1. The molecule has 1 aliphatic heterocycles. The first-order chi connectivity index (χ1) is 12.6. The zero-order valence-corrected chi connectivity index (χ0v) is 13.8. The van der Waals surface area contributed by atoms with Gasteiger partial charge in [0.25, 0.3) is 11.8 Å². The number of benzene rings is 2. The number of halogens is 1. The van der Waals surface area contributed by atoms with Crippen molar-refractivity contribution < 1.29 is 23.8 Å². The molecule has 1 heterocycles. The maximum absolute atomic E-state index is 12.9. The van der Waals surface area contributed by atoms with Crippen LogP contribution in [0.5, 0.6) is 5.75 Å². The second-order valence-electron chi connectivity index (χ2n) is 5.64. The Morgan fingerprint density at radius 2 is 1.73 bits per heavy atom. The molecule has 0 aliphatic carbocycles. The smallest absolute Gasteiger partial charge is 0.277 e. The number of carbonyl (C=O) groups is 2. The van der Waals surface area contributed by atoms with E-state index in [0.29, 0.717) is 18.0 Å². The minimum absolute atomic E-state index is 0.0322. The third-order valence-electron chi connectivity index (χ3n) is 3.79. The first kappa shape index (κ1) is 17.6. The standard InChI is InChI=1S/C19H17FN2O4/c20-14-3-1-13(2-4-14)12-26-16-7-5-15(6-8-16)21-17-11-18(24)22(9-10-23)19(17)25/h1-8,11,21,23H,9-10,12H2. The summed E-state index contributed by atoms with van der Waals surface area (Å²) in [4.78, 5) is 24.8. The van der Waals surface area contributed by atoms with Gasteiger partial charge in [0.1, 0.15) is 23.9 Å². The van der Waals surface area contributed by atoms with Gasteiger partial charge in [-0.1, -0.05) is 12.1 Å². The van der Waals surface area contributed by atoms with Crippen molar-refractivity contribution in [2.75, 3.05) is 18.5 Å². The Bertz CT molecular complexity index is 832. The normalized spacial score (nSPS) is 13.8. The highest BCUT2D eigenvalue weighted by Crippen LogP contribution is 2.21. The SMILES string of the molecule is O=C1C=C(Nc2ccc(OCc3ccc(F)cc3)cc2)C(=O)N1CCO. The molecule has 134 valence electrons. The minimum Gasteiger partial charge on any atom is -0.489 e. The predicted molar refractivity (Wildman–Crippen MR) is 92.7 cm³/mol. The number of imide groups is 1. The minimum atomic E-state index is -0.472. The number of hydrogen-bond acceptors (Lipinski definition) is 5. The van der Waals surface area contributed by atoms with Gasteiger partial charge in [-0.05, 0) is 42.0 Å². The Hall–Kier alpha value is -3.19. The number of anilines is 1. The quantitative estimate of drug-likeness (QED) is 0.743. The highest BCUT2D eigenvalue weighted by atomic mass is 19.1. The molecular weight excluding hydrogens is 339 g/mol. The second-order valence-corrected chi connectivity index (χ2v) is 5.64. The molecule has 0 saturated carbocycles. The Morgan fingerprint density at radius 1 is 1.04 bits per heavy atom. The number of carbonyl (C=O) groups excluding carboxylic acids is 2. The maximum Gasteiger partial charge on any atom is 0.277 e. The summed E-state index contributed by atoms with van der Waals surface area (Å²) in [5.41, 5.74) is 1.62. The lowest BCUT2D eigenvalue weighted by Crippen LogP contribution is -2.34. The summed E-state index contributed by atoms with van der Waals surface area (Å²) in [6, 6.07) is 12.9. The molecule has 0 atom stereocenters. The van der Waals surface area contributed by atoms with E-state index in [-0.39, 0.29) is 24.7 Å². The zero-order valence-electron chi connectivity index (χ0n) is 13.8. The average Bonchev–Trinajstić information content (AvgIpc) is 2.90. The van der Waals surface area contributed by atoms with Gasteiger partial charge >= 0.3 is 0 Å². The van der Waals surface area contributed by atoms with Crippen LogP contribution in [0.4, 0.5) is 10.1 Å². The largest absolute Gasteiger partial charge is 0.489 e. The summed E-state index contributed by atoms with van der Waals surface area (Å²) in [7, 11) is 0.